The van der Waals surface area contributed by atoms with E-state index in [0.717, 1.165) is 0 Å². The van der Waals surface area contributed by atoms with Gasteiger partial charge in [0.25, 0.3) is 5.92 Å². The topological polar surface area (TPSA) is 39.2 Å². The normalized spacial score (nSPS) is 27.2. The van der Waals surface area contributed by atoms with E-state index in [9.17, 15) is 8.78 Å². The summed E-state index contributed by atoms with van der Waals surface area (Å²) < 4.78 is 31.7. The molecule has 0 bridgehead atoms. The van der Waals surface area contributed by atoms with Crippen molar-refractivity contribution in [2.24, 2.45) is 5.73 Å². The maximum atomic E-state index is 13.2. The van der Waals surface area contributed by atoms with Gasteiger partial charge in [0, 0.05) is 17.4 Å². The zero-order chi connectivity index (χ0) is 11.6. The van der Waals surface area contributed by atoms with E-state index in [4.69, 9.17) is 21.8 Å². The summed E-state index contributed by atoms with van der Waals surface area (Å²) in [6.45, 7) is 0. The second-order valence-corrected chi connectivity index (χ2v) is 4.44. The van der Waals surface area contributed by atoms with Gasteiger partial charge in [-0.1, -0.05) is 18.2 Å². The Morgan fingerprint density at radius 2 is 1.94 bits per heavy atom. The van der Waals surface area contributed by atoms with Crippen LogP contribution in [0.3, 0.4) is 0 Å². The Hall–Kier alpha value is -1.13. The Morgan fingerprint density at radius 3 is 2.56 bits per heavy atom. The van der Waals surface area contributed by atoms with Gasteiger partial charge in [-0.05, 0) is 17.7 Å². The molecular weight excluding hydrogens is 236 g/mol. The summed E-state index contributed by atoms with van der Waals surface area (Å²) in [5.41, 5.74) is 4.69. The summed E-state index contributed by atoms with van der Waals surface area (Å²) in [4.78, 5) is 0. The minimum absolute atomic E-state index is 0.0409. The molecule has 2 aromatic rings. The molecule has 16 heavy (non-hydrogen) atoms. The average molecular weight is 244 g/mol. The lowest BCUT2D eigenvalue weighted by Crippen LogP contribution is -2.27. The third-order valence-electron chi connectivity index (χ3n) is 3.03. The molecule has 2 N–H and O–H groups in total. The predicted octanol–water partition coefficient (Wildman–Crippen LogP) is 3.28. The van der Waals surface area contributed by atoms with Gasteiger partial charge in [-0.2, -0.15) is 0 Å². The molecule has 1 aromatic heterocycles. The maximum absolute atomic E-state index is 13.2. The summed E-state index contributed by atoms with van der Waals surface area (Å²) >= 11 is 5.84. The van der Waals surface area contributed by atoms with Crippen molar-refractivity contribution >= 4 is 22.6 Å². The fourth-order valence-electron chi connectivity index (χ4n) is 2.01. The lowest BCUT2D eigenvalue weighted by atomic mass is 10.0. The van der Waals surface area contributed by atoms with E-state index in [1.165, 1.54) is 0 Å². The summed E-state index contributed by atoms with van der Waals surface area (Å²) in [7, 11) is 0. The summed E-state index contributed by atoms with van der Waals surface area (Å²) in [5.74, 6) is -2.90. The summed E-state index contributed by atoms with van der Waals surface area (Å²) in [6, 6.07) is 6.85. The van der Waals surface area contributed by atoms with Crippen molar-refractivity contribution in [3.05, 3.63) is 35.0 Å². The second kappa shape index (κ2) is 2.76. The fourth-order valence-corrected chi connectivity index (χ4v) is 2.36. The molecular formula is C11H8ClF2NO. The second-order valence-electron chi connectivity index (χ2n) is 4.10. The number of rotatable bonds is 1. The molecule has 1 aromatic carbocycles. The zero-order valence-corrected chi connectivity index (χ0v) is 8.89. The first-order valence-corrected chi connectivity index (χ1v) is 5.18. The number of furan rings is 1. The van der Waals surface area contributed by atoms with Crippen LogP contribution in [0.1, 0.15) is 12.0 Å². The van der Waals surface area contributed by atoms with Gasteiger partial charge in [0.05, 0.1) is 0 Å². The minimum atomic E-state index is -2.90. The van der Waals surface area contributed by atoms with Gasteiger partial charge in [0.15, 0.2) is 5.22 Å². The summed E-state index contributed by atoms with van der Waals surface area (Å²) in [5, 5.41) is 0.521. The lowest BCUT2D eigenvalue weighted by Gasteiger charge is -2.08. The highest BCUT2D eigenvalue weighted by Gasteiger charge is 2.71. The third kappa shape index (κ3) is 1.09. The zero-order valence-electron chi connectivity index (χ0n) is 8.14. The molecule has 0 amide bonds. The van der Waals surface area contributed by atoms with Crippen molar-refractivity contribution < 1.29 is 13.2 Å². The molecule has 2 nitrogen and oxygen atoms in total. The van der Waals surface area contributed by atoms with Crippen LogP contribution in [-0.4, -0.2) is 5.92 Å². The van der Waals surface area contributed by atoms with Crippen LogP contribution in [0.15, 0.2) is 28.7 Å². The average Bonchev–Trinajstić information content (AvgIpc) is 2.55. The Kier molecular flexibility index (Phi) is 1.73. The van der Waals surface area contributed by atoms with Crippen molar-refractivity contribution in [2.75, 3.05) is 0 Å². The first-order valence-electron chi connectivity index (χ1n) is 4.80. The molecule has 84 valence electrons. The van der Waals surface area contributed by atoms with Crippen molar-refractivity contribution in [1.82, 2.24) is 0 Å². The van der Waals surface area contributed by atoms with Crippen molar-refractivity contribution in [2.45, 2.75) is 17.9 Å². The van der Waals surface area contributed by atoms with Crippen LogP contribution in [0, 0.1) is 0 Å². The molecule has 0 aliphatic heterocycles. The molecule has 0 radical (unpaired) electrons. The van der Waals surface area contributed by atoms with E-state index >= 15 is 0 Å². The number of para-hydroxylation sites is 1. The van der Waals surface area contributed by atoms with Crippen LogP contribution < -0.4 is 5.73 Å². The molecule has 1 atom stereocenters. The van der Waals surface area contributed by atoms with Gasteiger partial charge in [0.1, 0.15) is 11.1 Å². The number of halogens is 3. The highest BCUT2D eigenvalue weighted by molar-refractivity contribution is 6.31. The van der Waals surface area contributed by atoms with E-state index in [1.54, 1.807) is 24.3 Å². The van der Waals surface area contributed by atoms with Gasteiger partial charge in [-0.3, -0.25) is 0 Å². The van der Waals surface area contributed by atoms with Crippen molar-refractivity contribution in [3.8, 4) is 0 Å². The molecule has 1 fully saturated rings. The number of fused-ring (bicyclic) bond motifs is 1. The van der Waals surface area contributed by atoms with Gasteiger partial charge >= 0.3 is 0 Å². The van der Waals surface area contributed by atoms with E-state index < -0.39 is 11.5 Å². The highest BCUT2D eigenvalue weighted by atomic mass is 35.5. The molecule has 1 aliphatic rings. The van der Waals surface area contributed by atoms with Crippen LogP contribution in [0.25, 0.3) is 11.0 Å². The van der Waals surface area contributed by atoms with Crippen LogP contribution in [0.5, 0.6) is 0 Å². The predicted molar refractivity (Wildman–Crippen MR) is 56.7 cm³/mol. The fraction of sp³-hybridized carbons (Fsp3) is 0.273. The molecule has 1 aliphatic carbocycles. The standard InChI is InChI=1S/C11H8ClF2NO/c12-9-8(10(15)5-11(10,13)14)6-3-1-2-4-7(6)16-9/h1-4H,5,15H2. The number of nitrogens with two attached hydrogens (primary N) is 1. The molecule has 1 unspecified atom stereocenters. The number of hydrogen-bond donors (Lipinski definition) is 1. The SMILES string of the molecule is NC1(c2c(Cl)oc3ccccc23)CC1(F)F. The Labute approximate surface area is 95.0 Å². The smallest absolute Gasteiger partial charge is 0.272 e. The van der Waals surface area contributed by atoms with Gasteiger partial charge < -0.3 is 10.2 Å². The maximum Gasteiger partial charge on any atom is 0.272 e. The van der Waals surface area contributed by atoms with E-state index in [2.05, 4.69) is 0 Å². The number of benzene rings is 1. The Morgan fingerprint density at radius 1 is 1.31 bits per heavy atom. The molecule has 3 rings (SSSR count). The lowest BCUT2D eigenvalue weighted by molar-refractivity contribution is 0.0892. The molecule has 1 heterocycles. The van der Waals surface area contributed by atoms with Gasteiger partial charge in [-0.15, -0.1) is 0 Å². The highest BCUT2D eigenvalue weighted by Crippen LogP contribution is 2.60. The van der Waals surface area contributed by atoms with E-state index in [0.29, 0.717) is 11.0 Å². The quantitative estimate of drug-likeness (QED) is 0.835. The largest absolute Gasteiger partial charge is 0.444 e. The minimum Gasteiger partial charge on any atom is -0.444 e. The third-order valence-corrected chi connectivity index (χ3v) is 3.29. The number of hydrogen-bond acceptors (Lipinski definition) is 2. The Balaban J connectivity index is 2.29. The summed E-state index contributed by atoms with van der Waals surface area (Å²) in [6.07, 6.45) is -0.386. The number of alkyl halides is 2. The monoisotopic (exact) mass is 243 g/mol. The molecule has 1 saturated carbocycles. The molecule has 5 heteroatoms. The first-order chi connectivity index (χ1) is 7.46. The Bertz CT molecular complexity index is 580. The van der Waals surface area contributed by atoms with Crippen LogP contribution in [0.4, 0.5) is 8.78 Å². The van der Waals surface area contributed by atoms with Gasteiger partial charge in [-0.25, -0.2) is 8.78 Å². The van der Waals surface area contributed by atoms with Crippen LogP contribution in [-0.2, 0) is 5.54 Å². The van der Waals surface area contributed by atoms with Crippen LogP contribution in [0.2, 0.25) is 5.22 Å². The van der Waals surface area contributed by atoms with Crippen molar-refractivity contribution in [1.29, 1.82) is 0 Å². The van der Waals surface area contributed by atoms with Crippen molar-refractivity contribution in [3.63, 3.8) is 0 Å². The molecule has 0 spiro atoms. The van der Waals surface area contributed by atoms with E-state index in [-0.39, 0.29) is 17.2 Å². The molecule has 0 saturated heterocycles. The van der Waals surface area contributed by atoms with Gasteiger partial charge in [0.2, 0.25) is 0 Å². The van der Waals surface area contributed by atoms with E-state index in [1.807, 2.05) is 0 Å². The first kappa shape index (κ1) is 10.1. The van der Waals surface area contributed by atoms with Crippen LogP contribution >= 0.6 is 11.6 Å².